The Labute approximate surface area is 88.7 Å². The van der Waals surface area contributed by atoms with Gasteiger partial charge in [0.25, 0.3) is 5.91 Å². The molecule has 0 aliphatic heterocycles. The molecular formula is C11H14N2O2. The van der Waals surface area contributed by atoms with Gasteiger partial charge < -0.3 is 9.73 Å². The molecule has 4 heteroatoms. The zero-order valence-corrected chi connectivity index (χ0v) is 8.91. The van der Waals surface area contributed by atoms with Crippen molar-refractivity contribution in [2.45, 2.75) is 20.4 Å². The maximum atomic E-state index is 11.4. The van der Waals surface area contributed by atoms with Gasteiger partial charge in [-0.3, -0.25) is 4.79 Å². The van der Waals surface area contributed by atoms with Crippen LogP contribution in [0, 0.1) is 6.92 Å². The van der Waals surface area contributed by atoms with Crippen LogP contribution in [0.3, 0.4) is 0 Å². The number of carbonyl (C=O) groups excluding carboxylic acids is 1. The number of amides is 1. The molecule has 1 aromatic heterocycles. The van der Waals surface area contributed by atoms with Crippen LogP contribution < -0.4 is 5.32 Å². The van der Waals surface area contributed by atoms with Crippen molar-refractivity contribution in [2.24, 2.45) is 0 Å². The number of carbonyl (C=O) groups is 1. The van der Waals surface area contributed by atoms with Crippen molar-refractivity contribution in [3.63, 3.8) is 0 Å². The van der Waals surface area contributed by atoms with Crippen LogP contribution in [-0.2, 0) is 11.3 Å². The fourth-order valence-electron chi connectivity index (χ4n) is 1.03. The van der Waals surface area contributed by atoms with E-state index in [1.807, 2.05) is 6.92 Å². The normalized spacial score (nSPS) is 10.5. The van der Waals surface area contributed by atoms with Gasteiger partial charge in [0.15, 0.2) is 0 Å². The minimum absolute atomic E-state index is 0.219. The Bertz CT molecular complexity index is 391. The fraction of sp³-hybridized carbons (Fsp3) is 0.273. The molecule has 4 nitrogen and oxygen atoms in total. The molecule has 1 N–H and O–H groups in total. The van der Waals surface area contributed by atoms with Crippen LogP contribution >= 0.6 is 0 Å². The number of oxazole rings is 1. The fourth-order valence-corrected chi connectivity index (χ4v) is 1.03. The lowest BCUT2D eigenvalue weighted by molar-refractivity contribution is -0.117. The van der Waals surface area contributed by atoms with E-state index in [0.29, 0.717) is 11.5 Å². The molecule has 0 spiro atoms. The van der Waals surface area contributed by atoms with E-state index >= 15 is 0 Å². The van der Waals surface area contributed by atoms with Crippen LogP contribution in [0.4, 0.5) is 0 Å². The number of nitrogens with zero attached hydrogens (tertiary/aromatic N) is 1. The maximum absolute atomic E-state index is 11.4. The van der Waals surface area contributed by atoms with E-state index in [2.05, 4.69) is 16.9 Å². The van der Waals surface area contributed by atoms with Crippen LogP contribution in [0.1, 0.15) is 18.6 Å². The number of hydrogen-bond donors (Lipinski definition) is 1. The molecule has 15 heavy (non-hydrogen) atoms. The number of rotatable bonds is 4. The summed E-state index contributed by atoms with van der Waals surface area (Å²) < 4.78 is 5.20. The van der Waals surface area contributed by atoms with Gasteiger partial charge in [0, 0.05) is 5.57 Å². The van der Waals surface area contributed by atoms with Gasteiger partial charge >= 0.3 is 0 Å². The van der Waals surface area contributed by atoms with Crippen molar-refractivity contribution in [3.05, 3.63) is 42.2 Å². The van der Waals surface area contributed by atoms with Gasteiger partial charge in [-0.25, -0.2) is 4.98 Å². The second kappa shape index (κ2) is 5.14. The first-order chi connectivity index (χ1) is 7.13. The third-order valence-corrected chi connectivity index (χ3v) is 1.73. The highest BCUT2D eigenvalue weighted by molar-refractivity contribution is 5.95. The zero-order chi connectivity index (χ0) is 11.3. The van der Waals surface area contributed by atoms with Crippen molar-refractivity contribution in [1.82, 2.24) is 10.3 Å². The minimum Gasteiger partial charge on any atom is -0.444 e. The largest absolute Gasteiger partial charge is 0.444 e. The van der Waals surface area contributed by atoms with Crippen LogP contribution in [0.15, 0.2) is 34.9 Å². The van der Waals surface area contributed by atoms with Gasteiger partial charge in [-0.05, 0) is 13.8 Å². The van der Waals surface area contributed by atoms with Gasteiger partial charge in [-0.1, -0.05) is 18.7 Å². The quantitative estimate of drug-likeness (QED) is 0.603. The molecule has 1 heterocycles. The van der Waals surface area contributed by atoms with Crippen LogP contribution in [0.5, 0.6) is 0 Å². The highest BCUT2D eigenvalue weighted by Crippen LogP contribution is 2.01. The topological polar surface area (TPSA) is 55.1 Å². The lowest BCUT2D eigenvalue weighted by atomic mass is 10.2. The Morgan fingerprint density at radius 3 is 3.00 bits per heavy atom. The van der Waals surface area contributed by atoms with Gasteiger partial charge in [-0.15, -0.1) is 0 Å². The lowest BCUT2D eigenvalue weighted by Gasteiger charge is -2.01. The van der Waals surface area contributed by atoms with E-state index in [1.165, 1.54) is 0 Å². The summed E-state index contributed by atoms with van der Waals surface area (Å²) in [4.78, 5) is 15.3. The van der Waals surface area contributed by atoms with Crippen molar-refractivity contribution in [1.29, 1.82) is 0 Å². The summed E-state index contributed by atoms with van der Waals surface area (Å²) >= 11 is 0. The lowest BCUT2D eigenvalue weighted by Crippen LogP contribution is -2.23. The summed E-state index contributed by atoms with van der Waals surface area (Å²) in [5.41, 5.74) is 0.417. The van der Waals surface area contributed by atoms with Crippen molar-refractivity contribution >= 4 is 5.91 Å². The smallest absolute Gasteiger partial charge is 0.251 e. The predicted molar refractivity (Wildman–Crippen MR) is 57.0 cm³/mol. The van der Waals surface area contributed by atoms with Crippen molar-refractivity contribution < 1.29 is 9.21 Å². The van der Waals surface area contributed by atoms with Gasteiger partial charge in [0.1, 0.15) is 5.76 Å². The molecule has 0 fully saturated rings. The first kappa shape index (κ1) is 11.2. The Morgan fingerprint density at radius 2 is 2.47 bits per heavy atom. The minimum atomic E-state index is -0.219. The molecule has 0 aromatic carbocycles. The molecule has 0 unspecified atom stereocenters. The molecule has 1 amide bonds. The molecule has 1 aromatic rings. The van der Waals surface area contributed by atoms with Crippen molar-refractivity contribution in [3.8, 4) is 0 Å². The molecule has 0 atom stereocenters. The molecule has 0 saturated carbocycles. The molecule has 0 aliphatic carbocycles. The molecule has 0 bridgehead atoms. The standard InChI is InChI=1S/C11H14N2O2/c1-4-5-8(2)11(14)13-7-10-12-6-9(3)15-10/h4-6H,2,7H2,1,3H3,(H,13,14)/b5-4-. The third kappa shape index (κ3) is 3.42. The monoisotopic (exact) mass is 206 g/mol. The molecule has 1 rings (SSSR count). The number of nitrogens with one attached hydrogen (secondary N) is 1. The van der Waals surface area contributed by atoms with Crippen LogP contribution in [0.2, 0.25) is 0 Å². The SMILES string of the molecule is C=C(/C=C\C)C(=O)NCc1ncc(C)o1. The van der Waals surface area contributed by atoms with Crippen LogP contribution in [-0.4, -0.2) is 10.9 Å². The molecule has 0 radical (unpaired) electrons. The second-order valence-corrected chi connectivity index (χ2v) is 3.07. The van der Waals surface area contributed by atoms with E-state index in [-0.39, 0.29) is 12.5 Å². The predicted octanol–water partition coefficient (Wildman–Crippen LogP) is 1.73. The Kier molecular flexibility index (Phi) is 3.85. The number of aromatic nitrogens is 1. The zero-order valence-electron chi connectivity index (χ0n) is 8.91. The summed E-state index contributed by atoms with van der Waals surface area (Å²) in [5, 5.41) is 2.65. The van der Waals surface area contributed by atoms with E-state index in [4.69, 9.17) is 4.42 Å². The summed E-state index contributed by atoms with van der Waals surface area (Å²) in [6.45, 7) is 7.52. The number of allylic oxidation sites excluding steroid dienone is 1. The van der Waals surface area contributed by atoms with Gasteiger partial charge in [0.05, 0.1) is 12.7 Å². The van der Waals surface area contributed by atoms with E-state index < -0.39 is 0 Å². The Balaban J connectivity index is 2.44. The molecular weight excluding hydrogens is 192 g/mol. The highest BCUT2D eigenvalue weighted by atomic mass is 16.4. The number of hydrogen-bond acceptors (Lipinski definition) is 3. The first-order valence-electron chi connectivity index (χ1n) is 4.64. The highest BCUT2D eigenvalue weighted by Gasteiger charge is 2.05. The average molecular weight is 206 g/mol. The van der Waals surface area contributed by atoms with E-state index in [1.54, 1.807) is 25.3 Å². The van der Waals surface area contributed by atoms with E-state index in [9.17, 15) is 4.79 Å². The first-order valence-corrected chi connectivity index (χ1v) is 4.64. The summed E-state index contributed by atoms with van der Waals surface area (Å²) in [7, 11) is 0. The molecule has 80 valence electrons. The summed E-state index contributed by atoms with van der Waals surface area (Å²) in [5.74, 6) is 1.00. The third-order valence-electron chi connectivity index (χ3n) is 1.73. The van der Waals surface area contributed by atoms with Crippen molar-refractivity contribution in [2.75, 3.05) is 0 Å². The Morgan fingerprint density at radius 1 is 1.73 bits per heavy atom. The second-order valence-electron chi connectivity index (χ2n) is 3.07. The molecule has 0 saturated heterocycles. The van der Waals surface area contributed by atoms with Crippen LogP contribution in [0.25, 0.3) is 0 Å². The van der Waals surface area contributed by atoms with Gasteiger partial charge in [-0.2, -0.15) is 0 Å². The average Bonchev–Trinajstić information content (AvgIpc) is 2.61. The van der Waals surface area contributed by atoms with E-state index in [0.717, 1.165) is 5.76 Å². The number of aryl methyl sites for hydroxylation is 1. The summed E-state index contributed by atoms with van der Waals surface area (Å²) in [6, 6.07) is 0. The summed E-state index contributed by atoms with van der Waals surface area (Å²) in [6.07, 6.45) is 5.02. The Hall–Kier alpha value is -1.84. The maximum Gasteiger partial charge on any atom is 0.251 e. The van der Waals surface area contributed by atoms with Gasteiger partial charge in [0.2, 0.25) is 5.89 Å². The molecule has 0 aliphatic rings.